The largest absolute Gasteiger partial charge is 0.482 e. The van der Waals surface area contributed by atoms with Crippen LogP contribution in [0.5, 0.6) is 5.88 Å². The number of likely N-dealkylation sites (tertiary alicyclic amines) is 1. The predicted octanol–water partition coefficient (Wildman–Crippen LogP) is 4.13. The van der Waals surface area contributed by atoms with Crippen molar-refractivity contribution in [1.29, 1.82) is 5.26 Å². The second-order valence-corrected chi connectivity index (χ2v) is 10.7. The number of piperidine rings is 1. The van der Waals surface area contributed by atoms with Crippen molar-refractivity contribution >= 4 is 11.7 Å². The van der Waals surface area contributed by atoms with E-state index in [2.05, 4.69) is 21.4 Å². The number of pyridine rings is 1. The minimum absolute atomic E-state index is 0.216. The van der Waals surface area contributed by atoms with E-state index in [-0.39, 0.29) is 11.5 Å². The molecule has 0 radical (unpaired) electrons. The average Bonchev–Trinajstić information content (AvgIpc) is 3.38. The van der Waals surface area contributed by atoms with Crippen molar-refractivity contribution in [2.45, 2.75) is 65.0 Å². The Morgan fingerprint density at radius 1 is 1.23 bits per heavy atom. The third kappa shape index (κ3) is 4.09. The van der Waals surface area contributed by atoms with Crippen molar-refractivity contribution in [1.82, 2.24) is 29.3 Å². The van der Waals surface area contributed by atoms with Crippen molar-refractivity contribution in [3.63, 3.8) is 0 Å². The zero-order valence-electron chi connectivity index (χ0n) is 20.9. The second-order valence-electron chi connectivity index (χ2n) is 10.7. The van der Waals surface area contributed by atoms with E-state index < -0.39 is 5.60 Å². The molecule has 0 atom stereocenters. The van der Waals surface area contributed by atoms with Gasteiger partial charge in [-0.3, -0.25) is 4.40 Å². The highest BCUT2D eigenvalue weighted by atomic mass is 16.6. The molecule has 10 nitrogen and oxygen atoms in total. The zero-order chi connectivity index (χ0) is 25.0. The molecule has 3 aromatic heterocycles. The van der Waals surface area contributed by atoms with Gasteiger partial charge in [0.1, 0.15) is 28.7 Å². The molecule has 35 heavy (non-hydrogen) atoms. The Hall–Kier alpha value is -3.61. The summed E-state index contributed by atoms with van der Waals surface area (Å²) in [6, 6.07) is 6.20. The maximum atomic E-state index is 12.4. The van der Waals surface area contributed by atoms with Crippen LogP contribution in [-0.4, -0.2) is 61.2 Å². The molecule has 3 aromatic rings. The molecular weight excluding hydrogens is 446 g/mol. The summed E-state index contributed by atoms with van der Waals surface area (Å²) >= 11 is 0. The Morgan fingerprint density at radius 3 is 2.57 bits per heavy atom. The van der Waals surface area contributed by atoms with Gasteiger partial charge in [-0.05, 0) is 64.9 Å². The van der Waals surface area contributed by atoms with Crippen LogP contribution >= 0.6 is 0 Å². The van der Waals surface area contributed by atoms with Crippen LogP contribution in [0.2, 0.25) is 0 Å². The molecule has 1 saturated carbocycles. The van der Waals surface area contributed by atoms with E-state index in [1.54, 1.807) is 11.5 Å². The molecule has 1 aliphatic carbocycles. The fraction of sp³-hybridized carbons (Fsp3) is 0.560. The van der Waals surface area contributed by atoms with Gasteiger partial charge in [-0.2, -0.15) is 5.26 Å². The molecule has 5 rings (SSSR count). The molecular formula is C25H31N7O3. The number of carbonyl (C=O) groups is 1. The van der Waals surface area contributed by atoms with Crippen molar-refractivity contribution < 1.29 is 14.3 Å². The number of hydrogen-bond acceptors (Lipinski definition) is 7. The van der Waals surface area contributed by atoms with Gasteiger partial charge in [-0.1, -0.05) is 5.21 Å². The first kappa shape index (κ1) is 23.1. The van der Waals surface area contributed by atoms with Gasteiger partial charge in [0.2, 0.25) is 5.88 Å². The normalized spacial score (nSPS) is 17.9. The molecule has 184 valence electrons. The van der Waals surface area contributed by atoms with E-state index in [0.717, 1.165) is 55.7 Å². The zero-order valence-corrected chi connectivity index (χ0v) is 20.9. The van der Waals surface area contributed by atoms with Crippen LogP contribution in [0.3, 0.4) is 0 Å². The number of aromatic nitrogens is 5. The summed E-state index contributed by atoms with van der Waals surface area (Å²) in [7, 11) is 1.57. The first-order valence-corrected chi connectivity index (χ1v) is 12.0. The van der Waals surface area contributed by atoms with Gasteiger partial charge < -0.3 is 14.4 Å². The number of hydrogen-bond donors (Lipinski definition) is 0. The van der Waals surface area contributed by atoms with Crippen molar-refractivity contribution in [3.05, 3.63) is 29.7 Å². The molecule has 1 aliphatic heterocycles. The standard InChI is InChI=1S/C25H31N7O3/c1-16-22(17-10-20-27-15-19(14-26)31(20)21(11-17)34-5)28-29-32(16)18-12-25(13-18)6-8-30(9-7-25)23(33)35-24(2,3)4/h10-11,15,18H,6-9,12-13H2,1-5H3. The number of amides is 1. The van der Waals surface area contributed by atoms with E-state index >= 15 is 0 Å². The Bertz CT molecular complexity index is 1310. The van der Waals surface area contributed by atoms with Crippen LogP contribution in [0.4, 0.5) is 4.79 Å². The SMILES string of the molecule is COc1cc(-c2nnn(C3CC4(CCN(C(=O)OC(C)(C)C)CC4)C3)c2C)cc2ncc(C#N)n12. The van der Waals surface area contributed by atoms with Crippen LogP contribution in [0.25, 0.3) is 16.9 Å². The molecule has 1 saturated heterocycles. The minimum Gasteiger partial charge on any atom is -0.482 e. The van der Waals surface area contributed by atoms with Gasteiger partial charge >= 0.3 is 6.09 Å². The molecule has 1 amide bonds. The molecule has 0 unspecified atom stereocenters. The second kappa shape index (κ2) is 8.26. The maximum absolute atomic E-state index is 12.4. The number of rotatable bonds is 3. The molecule has 0 N–H and O–H groups in total. The number of imidazole rings is 1. The number of nitriles is 1. The molecule has 0 bridgehead atoms. The molecule has 2 aliphatic rings. The topological polar surface area (TPSA) is 111 Å². The summed E-state index contributed by atoms with van der Waals surface area (Å²) in [6.45, 7) is 9.20. The summed E-state index contributed by atoms with van der Waals surface area (Å²) in [4.78, 5) is 18.6. The minimum atomic E-state index is -0.472. The highest BCUT2D eigenvalue weighted by molar-refractivity contribution is 5.69. The van der Waals surface area contributed by atoms with Gasteiger partial charge in [0.05, 0.1) is 25.0 Å². The Labute approximate surface area is 204 Å². The van der Waals surface area contributed by atoms with Crippen molar-refractivity contribution in [2.75, 3.05) is 20.2 Å². The molecule has 1 spiro atoms. The van der Waals surface area contributed by atoms with Crippen molar-refractivity contribution in [2.24, 2.45) is 5.41 Å². The van der Waals surface area contributed by atoms with Crippen molar-refractivity contribution in [3.8, 4) is 23.2 Å². The number of carbonyl (C=O) groups excluding carboxylic acids is 1. The summed E-state index contributed by atoms with van der Waals surface area (Å²) in [6.07, 6.45) is 5.36. The van der Waals surface area contributed by atoms with E-state index in [1.807, 2.05) is 49.4 Å². The number of nitrogens with zero attached hydrogens (tertiary/aromatic N) is 7. The maximum Gasteiger partial charge on any atom is 0.410 e. The molecule has 10 heteroatoms. The van der Waals surface area contributed by atoms with Crippen LogP contribution < -0.4 is 4.74 Å². The lowest BCUT2D eigenvalue weighted by atomic mass is 9.60. The first-order chi connectivity index (χ1) is 16.6. The smallest absolute Gasteiger partial charge is 0.410 e. The van der Waals surface area contributed by atoms with E-state index in [9.17, 15) is 10.1 Å². The predicted molar refractivity (Wildman–Crippen MR) is 128 cm³/mol. The quantitative estimate of drug-likeness (QED) is 0.558. The Morgan fingerprint density at radius 2 is 1.94 bits per heavy atom. The van der Waals surface area contributed by atoms with Gasteiger partial charge in [-0.15, -0.1) is 5.10 Å². The fourth-order valence-corrected chi connectivity index (χ4v) is 5.41. The highest BCUT2D eigenvalue weighted by Gasteiger charge is 2.48. The first-order valence-electron chi connectivity index (χ1n) is 12.0. The lowest BCUT2D eigenvalue weighted by molar-refractivity contribution is -0.0265. The summed E-state index contributed by atoms with van der Waals surface area (Å²) in [5.74, 6) is 0.528. The molecule has 4 heterocycles. The number of methoxy groups -OCH3 is 1. The van der Waals surface area contributed by atoms with Gasteiger partial charge in [-0.25, -0.2) is 14.5 Å². The van der Waals surface area contributed by atoms with Gasteiger partial charge in [0, 0.05) is 24.7 Å². The summed E-state index contributed by atoms with van der Waals surface area (Å²) < 4.78 is 14.8. The van der Waals surface area contributed by atoms with Crippen LogP contribution in [-0.2, 0) is 4.74 Å². The van der Waals surface area contributed by atoms with E-state index in [4.69, 9.17) is 9.47 Å². The number of fused-ring (bicyclic) bond motifs is 1. The number of ether oxygens (including phenoxy) is 2. The van der Waals surface area contributed by atoms with Crippen LogP contribution in [0.15, 0.2) is 18.3 Å². The Balaban J connectivity index is 1.29. The summed E-state index contributed by atoms with van der Waals surface area (Å²) in [5, 5.41) is 18.3. The van der Waals surface area contributed by atoms with Crippen LogP contribution in [0, 0.1) is 23.7 Å². The van der Waals surface area contributed by atoms with E-state index in [1.165, 1.54) is 6.20 Å². The third-order valence-electron chi connectivity index (χ3n) is 7.26. The lowest BCUT2D eigenvalue weighted by Crippen LogP contribution is -2.50. The molecule has 2 fully saturated rings. The highest BCUT2D eigenvalue weighted by Crippen LogP contribution is 2.55. The van der Waals surface area contributed by atoms with Gasteiger partial charge in [0.15, 0.2) is 0 Å². The molecule has 0 aromatic carbocycles. The fourth-order valence-electron chi connectivity index (χ4n) is 5.41. The van der Waals surface area contributed by atoms with Crippen LogP contribution in [0.1, 0.15) is 63.9 Å². The Kier molecular flexibility index (Phi) is 5.46. The third-order valence-corrected chi connectivity index (χ3v) is 7.26. The van der Waals surface area contributed by atoms with Gasteiger partial charge in [0.25, 0.3) is 0 Å². The monoisotopic (exact) mass is 477 g/mol. The van der Waals surface area contributed by atoms with E-state index in [0.29, 0.717) is 23.3 Å². The average molecular weight is 478 g/mol. The summed E-state index contributed by atoms with van der Waals surface area (Å²) in [5.41, 5.74) is 3.47. The lowest BCUT2D eigenvalue weighted by Gasteiger charge is -2.52.